The lowest BCUT2D eigenvalue weighted by atomic mass is 10.3. The van der Waals surface area contributed by atoms with Crippen molar-refractivity contribution in [3.63, 3.8) is 0 Å². The number of hydrogen-bond acceptors (Lipinski definition) is 6. The van der Waals surface area contributed by atoms with Gasteiger partial charge in [0.25, 0.3) is 0 Å². The van der Waals surface area contributed by atoms with Gasteiger partial charge in [-0.15, -0.1) is 0 Å². The van der Waals surface area contributed by atoms with Gasteiger partial charge in [-0.2, -0.15) is 15.0 Å². The van der Waals surface area contributed by atoms with Crippen LogP contribution in [0.5, 0.6) is 6.01 Å². The van der Waals surface area contributed by atoms with Gasteiger partial charge in [0.05, 0.1) is 19.3 Å². The Bertz CT molecular complexity index is 399. The van der Waals surface area contributed by atoms with Crippen LogP contribution in [0.2, 0.25) is 5.28 Å². The first-order valence-electron chi connectivity index (χ1n) is 6.67. The third-order valence-corrected chi connectivity index (χ3v) is 3.07. The first-order valence-corrected chi connectivity index (χ1v) is 7.05. The molecule has 106 valence electrons. The van der Waals surface area contributed by atoms with Crippen molar-refractivity contribution in [2.75, 3.05) is 25.1 Å². The highest BCUT2D eigenvalue weighted by Crippen LogP contribution is 2.20. The highest BCUT2D eigenvalue weighted by Gasteiger charge is 2.14. The zero-order chi connectivity index (χ0) is 13.5. The van der Waals surface area contributed by atoms with Crippen LogP contribution in [0.25, 0.3) is 0 Å². The minimum atomic E-state index is 0.123. The average Bonchev–Trinajstić information content (AvgIpc) is 2.87. The number of ether oxygens (including phenoxy) is 2. The van der Waals surface area contributed by atoms with Crippen molar-refractivity contribution in [1.82, 2.24) is 15.0 Å². The quantitative estimate of drug-likeness (QED) is 0.776. The van der Waals surface area contributed by atoms with Crippen LogP contribution in [0, 0.1) is 0 Å². The lowest BCUT2D eigenvalue weighted by Gasteiger charge is -2.11. The summed E-state index contributed by atoms with van der Waals surface area (Å²) in [7, 11) is 0. The van der Waals surface area contributed by atoms with Crippen LogP contribution >= 0.6 is 11.6 Å². The van der Waals surface area contributed by atoms with Gasteiger partial charge in [0.2, 0.25) is 11.2 Å². The molecule has 0 spiro atoms. The molecule has 0 radical (unpaired) electrons. The predicted octanol–water partition coefficient (Wildman–Crippen LogP) is 2.29. The summed E-state index contributed by atoms with van der Waals surface area (Å²) in [5, 5.41) is 3.18. The van der Waals surface area contributed by atoms with Crippen molar-refractivity contribution in [1.29, 1.82) is 0 Å². The molecule has 1 aromatic rings. The molecule has 1 aliphatic rings. The van der Waals surface area contributed by atoms with Crippen molar-refractivity contribution in [2.45, 2.75) is 38.7 Å². The molecule has 1 saturated carbocycles. The van der Waals surface area contributed by atoms with E-state index < -0.39 is 0 Å². The minimum absolute atomic E-state index is 0.123. The van der Waals surface area contributed by atoms with E-state index in [4.69, 9.17) is 21.1 Å². The van der Waals surface area contributed by atoms with Crippen LogP contribution in [0.1, 0.15) is 32.6 Å². The summed E-state index contributed by atoms with van der Waals surface area (Å²) in [6.45, 7) is 3.63. The largest absolute Gasteiger partial charge is 0.464 e. The Morgan fingerprint density at radius 1 is 1.26 bits per heavy atom. The SMILES string of the molecule is CCOc1nc(Cl)nc(NCCOC2CCCC2)n1. The van der Waals surface area contributed by atoms with Gasteiger partial charge in [0.1, 0.15) is 0 Å². The number of hydrogen-bond donors (Lipinski definition) is 1. The standard InChI is InChI=1S/C12H19ClN4O2/c1-2-18-12-16-10(13)15-11(17-12)14-7-8-19-9-5-3-4-6-9/h9H,2-8H2,1H3,(H,14,15,16,17). The fraction of sp³-hybridized carbons (Fsp3) is 0.750. The van der Waals surface area contributed by atoms with E-state index in [0.29, 0.717) is 31.8 Å². The van der Waals surface area contributed by atoms with E-state index in [2.05, 4.69) is 20.3 Å². The number of anilines is 1. The van der Waals surface area contributed by atoms with Crippen LogP contribution in [0.4, 0.5) is 5.95 Å². The molecule has 19 heavy (non-hydrogen) atoms. The van der Waals surface area contributed by atoms with E-state index in [1.165, 1.54) is 25.7 Å². The molecule has 0 bridgehead atoms. The van der Waals surface area contributed by atoms with E-state index in [9.17, 15) is 0 Å². The summed E-state index contributed by atoms with van der Waals surface area (Å²) in [5.74, 6) is 0.415. The van der Waals surface area contributed by atoms with Gasteiger partial charge in [-0.05, 0) is 31.4 Å². The van der Waals surface area contributed by atoms with Crippen molar-refractivity contribution < 1.29 is 9.47 Å². The van der Waals surface area contributed by atoms with Gasteiger partial charge in [0, 0.05) is 6.54 Å². The molecule has 7 heteroatoms. The van der Waals surface area contributed by atoms with Gasteiger partial charge < -0.3 is 14.8 Å². The Hall–Kier alpha value is -1.14. The highest BCUT2D eigenvalue weighted by molar-refractivity contribution is 6.28. The summed E-state index contributed by atoms with van der Waals surface area (Å²) in [5.41, 5.74) is 0. The molecule has 0 atom stereocenters. The number of rotatable bonds is 7. The second kappa shape index (κ2) is 7.45. The van der Waals surface area contributed by atoms with Crippen molar-refractivity contribution in [2.24, 2.45) is 0 Å². The monoisotopic (exact) mass is 286 g/mol. The lowest BCUT2D eigenvalue weighted by Crippen LogP contribution is -2.16. The zero-order valence-corrected chi connectivity index (χ0v) is 11.8. The number of halogens is 1. The molecule has 0 saturated heterocycles. The number of aromatic nitrogens is 3. The summed E-state index contributed by atoms with van der Waals surface area (Å²) < 4.78 is 10.9. The fourth-order valence-electron chi connectivity index (χ4n) is 2.05. The van der Waals surface area contributed by atoms with Crippen LogP contribution in [-0.2, 0) is 4.74 Å². The smallest absolute Gasteiger partial charge is 0.322 e. The number of nitrogens with zero attached hydrogens (tertiary/aromatic N) is 3. The van der Waals surface area contributed by atoms with E-state index in [1.54, 1.807) is 0 Å². The summed E-state index contributed by atoms with van der Waals surface area (Å²) in [6, 6.07) is 0.238. The minimum Gasteiger partial charge on any atom is -0.464 e. The summed E-state index contributed by atoms with van der Waals surface area (Å²) >= 11 is 5.79. The van der Waals surface area contributed by atoms with E-state index >= 15 is 0 Å². The second-order valence-corrected chi connectivity index (χ2v) is 4.69. The average molecular weight is 287 g/mol. The Morgan fingerprint density at radius 2 is 2.05 bits per heavy atom. The second-order valence-electron chi connectivity index (χ2n) is 4.35. The van der Waals surface area contributed by atoms with Gasteiger partial charge in [-0.1, -0.05) is 12.8 Å². The Labute approximate surface area is 117 Å². The molecule has 0 aliphatic heterocycles. The van der Waals surface area contributed by atoms with E-state index in [0.717, 1.165) is 0 Å². The highest BCUT2D eigenvalue weighted by atomic mass is 35.5. The molecule has 6 nitrogen and oxygen atoms in total. The molecule has 0 amide bonds. The van der Waals surface area contributed by atoms with Gasteiger partial charge in [-0.25, -0.2) is 0 Å². The fourth-order valence-corrected chi connectivity index (χ4v) is 2.20. The summed E-state index contributed by atoms with van der Waals surface area (Å²) in [4.78, 5) is 11.9. The Morgan fingerprint density at radius 3 is 2.79 bits per heavy atom. The van der Waals surface area contributed by atoms with E-state index in [-0.39, 0.29) is 11.3 Å². The predicted molar refractivity (Wildman–Crippen MR) is 72.7 cm³/mol. The van der Waals surface area contributed by atoms with Gasteiger partial charge in [0.15, 0.2) is 0 Å². The molecule has 0 aromatic carbocycles. The molecule has 0 unspecified atom stereocenters. The van der Waals surface area contributed by atoms with E-state index in [1.807, 2.05) is 6.92 Å². The Kier molecular flexibility index (Phi) is 5.60. The van der Waals surface area contributed by atoms with Crippen LogP contribution in [0.15, 0.2) is 0 Å². The normalized spacial score (nSPS) is 15.7. The maximum Gasteiger partial charge on any atom is 0.322 e. The van der Waals surface area contributed by atoms with Crippen LogP contribution in [-0.4, -0.2) is 40.8 Å². The van der Waals surface area contributed by atoms with Crippen molar-refractivity contribution in [3.8, 4) is 6.01 Å². The molecule has 1 N–H and O–H groups in total. The first-order chi connectivity index (χ1) is 9.28. The van der Waals surface area contributed by atoms with Crippen LogP contribution < -0.4 is 10.1 Å². The lowest BCUT2D eigenvalue weighted by molar-refractivity contribution is 0.0658. The Balaban J connectivity index is 1.75. The molecule has 1 aliphatic carbocycles. The molecule has 1 fully saturated rings. The topological polar surface area (TPSA) is 69.2 Å². The third kappa shape index (κ3) is 4.80. The molecule has 1 heterocycles. The molecule has 1 aromatic heterocycles. The van der Waals surface area contributed by atoms with Crippen LogP contribution in [0.3, 0.4) is 0 Å². The van der Waals surface area contributed by atoms with Crippen molar-refractivity contribution >= 4 is 17.5 Å². The number of nitrogens with one attached hydrogen (secondary N) is 1. The zero-order valence-electron chi connectivity index (χ0n) is 11.1. The summed E-state index contributed by atoms with van der Waals surface area (Å²) in [6.07, 6.45) is 5.32. The molecular formula is C12H19ClN4O2. The maximum absolute atomic E-state index is 5.79. The van der Waals surface area contributed by atoms with Gasteiger partial charge >= 0.3 is 6.01 Å². The molecular weight excluding hydrogens is 268 g/mol. The molecule has 2 rings (SSSR count). The third-order valence-electron chi connectivity index (χ3n) is 2.90. The van der Waals surface area contributed by atoms with Gasteiger partial charge in [-0.3, -0.25) is 0 Å². The first kappa shape index (κ1) is 14.3. The van der Waals surface area contributed by atoms with Crippen molar-refractivity contribution in [3.05, 3.63) is 5.28 Å². The maximum atomic E-state index is 5.79.